The first-order chi connectivity index (χ1) is 8.93. The number of nitrogens with two attached hydrogens (primary N) is 1. The lowest BCUT2D eigenvalue weighted by Crippen LogP contribution is -2.32. The van der Waals surface area contributed by atoms with E-state index in [0.29, 0.717) is 18.1 Å². The maximum atomic E-state index is 11.8. The van der Waals surface area contributed by atoms with Crippen molar-refractivity contribution < 1.29 is 13.2 Å². The smallest absolute Gasteiger partial charge is 0.182 e. The fourth-order valence-corrected chi connectivity index (χ4v) is 4.50. The van der Waals surface area contributed by atoms with E-state index in [4.69, 9.17) is 10.5 Å². The predicted molar refractivity (Wildman–Crippen MR) is 76.5 cm³/mol. The minimum Gasteiger partial charge on any atom is -0.382 e. The number of anilines is 2. The third-order valence-electron chi connectivity index (χ3n) is 3.15. The maximum absolute atomic E-state index is 11.8. The SMILES string of the molecule is CCN(CC1CCCO1)c1snc(N)c1S(C)(=O)=O. The summed E-state index contributed by atoms with van der Waals surface area (Å²) in [4.78, 5) is 2.14. The predicted octanol–water partition coefficient (Wildman–Crippen LogP) is 1.13. The molecule has 2 N–H and O–H groups in total. The zero-order valence-electron chi connectivity index (χ0n) is 11.1. The van der Waals surface area contributed by atoms with E-state index in [2.05, 4.69) is 4.37 Å². The molecule has 108 valence electrons. The van der Waals surface area contributed by atoms with Crippen LogP contribution in [-0.2, 0) is 14.6 Å². The van der Waals surface area contributed by atoms with Gasteiger partial charge in [0.1, 0.15) is 9.90 Å². The van der Waals surface area contributed by atoms with Gasteiger partial charge in [-0.05, 0) is 31.3 Å². The Morgan fingerprint density at radius 1 is 1.58 bits per heavy atom. The Labute approximate surface area is 117 Å². The molecule has 2 rings (SSSR count). The topological polar surface area (TPSA) is 85.5 Å². The van der Waals surface area contributed by atoms with Crippen molar-refractivity contribution in [2.75, 3.05) is 36.6 Å². The number of ether oxygens (including phenoxy) is 1. The fraction of sp³-hybridized carbons (Fsp3) is 0.727. The van der Waals surface area contributed by atoms with E-state index in [1.54, 1.807) is 0 Å². The Bertz CT molecular complexity index is 535. The third kappa shape index (κ3) is 3.18. The van der Waals surface area contributed by atoms with Crippen LogP contribution >= 0.6 is 11.5 Å². The molecule has 0 amide bonds. The number of aromatic nitrogens is 1. The molecule has 1 aliphatic rings. The van der Waals surface area contributed by atoms with Crippen molar-refractivity contribution in [2.45, 2.75) is 30.8 Å². The van der Waals surface area contributed by atoms with Gasteiger partial charge in [0.25, 0.3) is 0 Å². The highest BCUT2D eigenvalue weighted by molar-refractivity contribution is 7.91. The van der Waals surface area contributed by atoms with E-state index < -0.39 is 9.84 Å². The molecule has 1 fully saturated rings. The van der Waals surface area contributed by atoms with Crippen LogP contribution in [0.1, 0.15) is 19.8 Å². The summed E-state index contributed by atoms with van der Waals surface area (Å²) < 4.78 is 33.2. The van der Waals surface area contributed by atoms with Crippen LogP contribution in [0.3, 0.4) is 0 Å². The van der Waals surface area contributed by atoms with Crippen LogP contribution in [0.5, 0.6) is 0 Å². The first kappa shape index (κ1) is 14.5. The van der Waals surface area contributed by atoms with Gasteiger partial charge in [-0.3, -0.25) is 0 Å². The molecule has 1 aromatic heterocycles. The highest BCUT2D eigenvalue weighted by atomic mass is 32.2. The summed E-state index contributed by atoms with van der Waals surface area (Å²) in [6.07, 6.45) is 3.40. The molecule has 0 saturated carbocycles. The van der Waals surface area contributed by atoms with Crippen molar-refractivity contribution in [2.24, 2.45) is 0 Å². The summed E-state index contributed by atoms with van der Waals surface area (Å²) in [7, 11) is -3.37. The minimum absolute atomic E-state index is 0.0910. The number of hydrogen-bond donors (Lipinski definition) is 1. The highest BCUT2D eigenvalue weighted by Gasteiger charge is 2.27. The lowest BCUT2D eigenvalue weighted by Gasteiger charge is -2.24. The summed E-state index contributed by atoms with van der Waals surface area (Å²) in [5, 5.41) is 0.623. The van der Waals surface area contributed by atoms with Crippen LogP contribution in [0.15, 0.2) is 4.90 Å². The molecular weight excluding hydrogens is 286 g/mol. The van der Waals surface area contributed by atoms with Gasteiger partial charge >= 0.3 is 0 Å². The standard InChI is InChI=1S/C11H19N3O3S2/c1-3-14(7-8-5-4-6-17-8)11-9(19(2,15)16)10(12)13-18-11/h8H,3-7H2,1-2H3,(H2,12,13). The summed E-state index contributed by atoms with van der Waals surface area (Å²) in [6, 6.07) is 0. The van der Waals surface area contributed by atoms with Gasteiger partial charge in [0.2, 0.25) is 0 Å². The van der Waals surface area contributed by atoms with Crippen molar-refractivity contribution in [1.82, 2.24) is 4.37 Å². The first-order valence-corrected chi connectivity index (χ1v) is 8.91. The lowest BCUT2D eigenvalue weighted by molar-refractivity contribution is 0.116. The quantitative estimate of drug-likeness (QED) is 0.878. The summed E-state index contributed by atoms with van der Waals surface area (Å²) in [6.45, 7) is 4.15. The van der Waals surface area contributed by atoms with Crippen LogP contribution < -0.4 is 10.6 Å². The van der Waals surface area contributed by atoms with Crippen molar-refractivity contribution in [3.05, 3.63) is 0 Å². The second kappa shape index (κ2) is 5.64. The average molecular weight is 305 g/mol. The lowest BCUT2D eigenvalue weighted by atomic mass is 10.2. The van der Waals surface area contributed by atoms with Crippen LogP contribution in [0.4, 0.5) is 10.8 Å². The molecule has 1 saturated heterocycles. The average Bonchev–Trinajstić information content (AvgIpc) is 2.93. The van der Waals surface area contributed by atoms with Crippen molar-refractivity contribution in [1.29, 1.82) is 0 Å². The molecule has 1 aliphatic heterocycles. The molecule has 0 radical (unpaired) electrons. The van der Waals surface area contributed by atoms with E-state index in [1.165, 1.54) is 0 Å². The molecule has 0 aromatic carbocycles. The largest absolute Gasteiger partial charge is 0.382 e. The second-order valence-corrected chi connectivity index (χ2v) is 7.35. The molecule has 19 heavy (non-hydrogen) atoms. The molecule has 0 bridgehead atoms. The normalized spacial score (nSPS) is 19.8. The van der Waals surface area contributed by atoms with Gasteiger partial charge < -0.3 is 15.4 Å². The molecule has 1 aromatic rings. The summed E-state index contributed by atoms with van der Waals surface area (Å²) >= 11 is 1.14. The van der Waals surface area contributed by atoms with E-state index in [9.17, 15) is 8.42 Å². The van der Waals surface area contributed by atoms with Gasteiger partial charge in [0.05, 0.1) is 6.10 Å². The van der Waals surface area contributed by atoms with E-state index in [-0.39, 0.29) is 16.8 Å². The molecular formula is C11H19N3O3S2. The second-order valence-electron chi connectivity index (χ2n) is 4.65. The first-order valence-electron chi connectivity index (χ1n) is 6.25. The Morgan fingerprint density at radius 3 is 2.84 bits per heavy atom. The van der Waals surface area contributed by atoms with Crippen LogP contribution in [0.25, 0.3) is 0 Å². The van der Waals surface area contributed by atoms with Gasteiger partial charge in [-0.25, -0.2) is 8.42 Å². The minimum atomic E-state index is -3.37. The summed E-state index contributed by atoms with van der Waals surface area (Å²) in [5.41, 5.74) is 5.69. The van der Waals surface area contributed by atoms with E-state index in [1.807, 2.05) is 11.8 Å². The maximum Gasteiger partial charge on any atom is 0.182 e. The zero-order chi connectivity index (χ0) is 14.0. The van der Waals surface area contributed by atoms with Gasteiger partial charge in [-0.15, -0.1) is 0 Å². The Balaban J connectivity index is 2.28. The Hall–Kier alpha value is -0.860. The molecule has 0 aliphatic carbocycles. The number of hydrogen-bond acceptors (Lipinski definition) is 7. The van der Waals surface area contributed by atoms with Gasteiger partial charge in [-0.1, -0.05) is 0 Å². The number of rotatable bonds is 5. The van der Waals surface area contributed by atoms with E-state index >= 15 is 0 Å². The van der Waals surface area contributed by atoms with Gasteiger partial charge in [0.15, 0.2) is 15.7 Å². The molecule has 2 heterocycles. The molecule has 1 atom stereocenters. The third-order valence-corrected chi connectivity index (χ3v) is 5.34. The molecule has 1 unspecified atom stereocenters. The Morgan fingerprint density at radius 2 is 2.32 bits per heavy atom. The van der Waals surface area contributed by atoms with Gasteiger partial charge in [-0.2, -0.15) is 4.37 Å². The van der Waals surface area contributed by atoms with Crippen molar-refractivity contribution in [3.63, 3.8) is 0 Å². The highest BCUT2D eigenvalue weighted by Crippen LogP contribution is 2.35. The number of nitrogen functional groups attached to an aromatic ring is 1. The van der Waals surface area contributed by atoms with Crippen molar-refractivity contribution >= 4 is 32.2 Å². The summed E-state index contributed by atoms with van der Waals surface area (Å²) in [5.74, 6) is 0.0910. The fourth-order valence-electron chi connectivity index (χ4n) is 2.22. The number of sulfone groups is 1. The number of nitrogens with zero attached hydrogens (tertiary/aromatic N) is 2. The van der Waals surface area contributed by atoms with Gasteiger partial charge in [0, 0.05) is 26.0 Å². The zero-order valence-corrected chi connectivity index (χ0v) is 12.8. The number of likely N-dealkylation sites (N-methyl/N-ethyl adjacent to an activating group) is 1. The van der Waals surface area contributed by atoms with Crippen LogP contribution in [0, 0.1) is 0 Å². The molecule has 8 heteroatoms. The monoisotopic (exact) mass is 305 g/mol. The van der Waals surface area contributed by atoms with Crippen molar-refractivity contribution in [3.8, 4) is 0 Å². The molecule has 6 nitrogen and oxygen atoms in total. The molecule has 0 spiro atoms. The van der Waals surface area contributed by atoms with Crippen LogP contribution in [0.2, 0.25) is 0 Å². The van der Waals surface area contributed by atoms with E-state index in [0.717, 1.165) is 37.2 Å². The Kier molecular flexibility index (Phi) is 4.32. The van der Waals surface area contributed by atoms with Crippen LogP contribution in [-0.4, -0.2) is 44.8 Å².